The number of hydrogen-bond donors (Lipinski definition) is 1. The van der Waals surface area contributed by atoms with Crippen molar-refractivity contribution in [2.24, 2.45) is 29.0 Å². The third-order valence-electron chi connectivity index (χ3n) is 6.14. The highest BCUT2D eigenvalue weighted by Crippen LogP contribution is 2.61. The monoisotopic (exact) mass is 270 g/mol. The third kappa shape index (κ3) is 2.24. The van der Waals surface area contributed by atoms with Crippen molar-refractivity contribution in [3.63, 3.8) is 0 Å². The molecule has 4 fully saturated rings. The van der Waals surface area contributed by atoms with E-state index in [4.69, 9.17) is 5.84 Å². The minimum absolute atomic E-state index is 0.640. The zero-order valence-electron chi connectivity index (χ0n) is 12.3. The van der Waals surface area contributed by atoms with E-state index in [0.717, 1.165) is 30.0 Å². The van der Waals surface area contributed by atoms with E-state index in [1.807, 2.05) is 5.01 Å². The Balaban J connectivity index is 1.42. The van der Waals surface area contributed by atoms with E-state index >= 15 is 0 Å². The topological polar surface area (TPSA) is 29.3 Å². The Hall–Kier alpha value is -1.02. The average molecular weight is 270 g/mol. The molecule has 0 amide bonds. The smallest absolute Gasteiger partial charge is 0.0517 e. The molecule has 4 aliphatic rings. The van der Waals surface area contributed by atoms with E-state index in [-0.39, 0.29) is 0 Å². The molecule has 0 aliphatic heterocycles. The van der Waals surface area contributed by atoms with Crippen molar-refractivity contribution in [2.75, 3.05) is 11.6 Å². The first-order valence-corrected chi connectivity index (χ1v) is 8.30. The van der Waals surface area contributed by atoms with Crippen LogP contribution in [0.2, 0.25) is 0 Å². The van der Waals surface area contributed by atoms with Crippen LogP contribution in [0.3, 0.4) is 0 Å². The molecule has 4 aliphatic carbocycles. The van der Waals surface area contributed by atoms with Crippen LogP contribution in [0, 0.1) is 23.2 Å². The third-order valence-corrected chi connectivity index (χ3v) is 6.14. The maximum absolute atomic E-state index is 6.26. The minimum Gasteiger partial charge on any atom is -0.311 e. The first-order valence-electron chi connectivity index (χ1n) is 8.30. The van der Waals surface area contributed by atoms with E-state index in [1.54, 1.807) is 0 Å². The second-order valence-corrected chi connectivity index (χ2v) is 7.70. The number of benzene rings is 1. The number of para-hydroxylation sites is 1. The lowest BCUT2D eigenvalue weighted by molar-refractivity contribution is -0.0559. The Kier molecular flexibility index (Phi) is 3.03. The average Bonchev–Trinajstić information content (AvgIpc) is 2.44. The van der Waals surface area contributed by atoms with Gasteiger partial charge < -0.3 is 5.01 Å². The molecule has 0 heterocycles. The van der Waals surface area contributed by atoms with Crippen LogP contribution in [0.15, 0.2) is 30.3 Å². The van der Waals surface area contributed by atoms with Crippen LogP contribution in [-0.4, -0.2) is 6.54 Å². The van der Waals surface area contributed by atoms with Crippen molar-refractivity contribution in [1.29, 1.82) is 0 Å². The van der Waals surface area contributed by atoms with Gasteiger partial charge in [-0.2, -0.15) is 0 Å². The Morgan fingerprint density at radius 3 is 2.05 bits per heavy atom. The summed E-state index contributed by atoms with van der Waals surface area (Å²) in [5.41, 5.74) is 1.79. The van der Waals surface area contributed by atoms with E-state index < -0.39 is 0 Å². The van der Waals surface area contributed by atoms with Crippen LogP contribution in [0.4, 0.5) is 5.69 Å². The Labute approximate surface area is 122 Å². The summed E-state index contributed by atoms with van der Waals surface area (Å²) in [6.07, 6.45) is 10.4. The molecule has 0 spiro atoms. The van der Waals surface area contributed by atoms with Gasteiger partial charge in [-0.15, -0.1) is 0 Å². The van der Waals surface area contributed by atoms with Crippen molar-refractivity contribution in [2.45, 2.75) is 44.9 Å². The summed E-state index contributed by atoms with van der Waals surface area (Å²) in [5, 5.41) is 1.96. The van der Waals surface area contributed by atoms with Crippen LogP contribution in [0.5, 0.6) is 0 Å². The fourth-order valence-electron chi connectivity index (χ4n) is 5.70. The molecule has 5 rings (SSSR count). The summed E-state index contributed by atoms with van der Waals surface area (Å²) >= 11 is 0. The predicted octanol–water partition coefficient (Wildman–Crippen LogP) is 3.97. The molecule has 2 heteroatoms. The predicted molar refractivity (Wildman–Crippen MR) is 83.2 cm³/mol. The zero-order chi connectivity index (χ0) is 13.6. The van der Waals surface area contributed by atoms with E-state index in [0.29, 0.717) is 5.41 Å². The molecule has 108 valence electrons. The normalized spacial score (nSPS) is 38.1. The summed E-state index contributed by atoms with van der Waals surface area (Å²) in [6, 6.07) is 10.4. The van der Waals surface area contributed by atoms with Crippen LogP contribution in [-0.2, 0) is 0 Å². The summed E-state index contributed by atoms with van der Waals surface area (Å²) in [6.45, 7) is 1.01. The highest BCUT2D eigenvalue weighted by atomic mass is 15.4. The van der Waals surface area contributed by atoms with E-state index in [9.17, 15) is 0 Å². The zero-order valence-corrected chi connectivity index (χ0v) is 12.3. The maximum atomic E-state index is 6.26. The lowest BCUT2D eigenvalue weighted by Gasteiger charge is -2.57. The van der Waals surface area contributed by atoms with Crippen LogP contribution in [0.25, 0.3) is 0 Å². The highest BCUT2D eigenvalue weighted by molar-refractivity contribution is 5.44. The number of nitrogens with zero attached hydrogens (tertiary/aromatic N) is 1. The van der Waals surface area contributed by atoms with Gasteiger partial charge in [0.1, 0.15) is 0 Å². The first kappa shape index (κ1) is 12.7. The van der Waals surface area contributed by atoms with Gasteiger partial charge in [-0.1, -0.05) is 18.2 Å². The van der Waals surface area contributed by atoms with Gasteiger partial charge in [0.15, 0.2) is 0 Å². The molecule has 2 nitrogen and oxygen atoms in total. The highest BCUT2D eigenvalue weighted by Gasteiger charge is 2.50. The molecule has 0 unspecified atom stereocenters. The van der Waals surface area contributed by atoms with Gasteiger partial charge in [-0.3, -0.25) is 0 Å². The number of anilines is 1. The van der Waals surface area contributed by atoms with Gasteiger partial charge in [0, 0.05) is 6.54 Å². The van der Waals surface area contributed by atoms with Gasteiger partial charge in [-0.05, 0) is 80.2 Å². The molecule has 20 heavy (non-hydrogen) atoms. The minimum atomic E-state index is 0.640. The van der Waals surface area contributed by atoms with Crippen LogP contribution >= 0.6 is 0 Å². The number of rotatable bonds is 4. The fourth-order valence-corrected chi connectivity index (χ4v) is 5.70. The number of hydrazine groups is 1. The molecule has 2 N–H and O–H groups in total. The molecular weight excluding hydrogens is 244 g/mol. The SMILES string of the molecule is NN(CCC12CC3CC(CC(C3)C1)C2)c1ccccc1. The van der Waals surface area contributed by atoms with Gasteiger partial charge in [0.2, 0.25) is 0 Å². The molecule has 0 atom stereocenters. The number of hydrogen-bond acceptors (Lipinski definition) is 2. The Morgan fingerprint density at radius 1 is 0.950 bits per heavy atom. The molecule has 4 bridgehead atoms. The second kappa shape index (κ2) is 4.77. The summed E-state index contributed by atoms with van der Waals surface area (Å²) in [7, 11) is 0. The molecule has 1 aromatic carbocycles. The van der Waals surface area contributed by atoms with Gasteiger partial charge >= 0.3 is 0 Å². The Morgan fingerprint density at radius 2 is 1.50 bits per heavy atom. The summed E-state index contributed by atoms with van der Waals surface area (Å²) in [5.74, 6) is 9.39. The van der Waals surface area contributed by atoms with Crippen LogP contribution < -0.4 is 10.9 Å². The standard InChI is InChI=1S/C18H26N2/c19-20(17-4-2-1-3-5-17)7-6-18-11-14-8-15(12-18)10-16(9-14)13-18/h1-5,14-16H,6-13,19H2. The van der Waals surface area contributed by atoms with Gasteiger partial charge in [-0.25, -0.2) is 5.84 Å². The first-order chi connectivity index (χ1) is 9.72. The molecule has 0 saturated heterocycles. The van der Waals surface area contributed by atoms with Crippen molar-refractivity contribution < 1.29 is 0 Å². The fraction of sp³-hybridized carbons (Fsp3) is 0.667. The summed E-state index contributed by atoms with van der Waals surface area (Å²) < 4.78 is 0. The Bertz CT molecular complexity index is 432. The quantitative estimate of drug-likeness (QED) is 0.662. The van der Waals surface area contributed by atoms with Crippen molar-refractivity contribution in [3.05, 3.63) is 30.3 Å². The molecule has 0 aromatic heterocycles. The van der Waals surface area contributed by atoms with E-state index in [2.05, 4.69) is 30.3 Å². The van der Waals surface area contributed by atoms with Gasteiger partial charge in [0.25, 0.3) is 0 Å². The number of nitrogens with two attached hydrogens (primary N) is 1. The largest absolute Gasteiger partial charge is 0.311 e. The molecule has 0 radical (unpaired) electrons. The molecular formula is C18H26N2. The second-order valence-electron chi connectivity index (χ2n) is 7.70. The van der Waals surface area contributed by atoms with Crippen molar-refractivity contribution in [1.82, 2.24) is 0 Å². The summed E-state index contributed by atoms with van der Waals surface area (Å²) in [4.78, 5) is 0. The van der Waals surface area contributed by atoms with E-state index in [1.165, 1.54) is 44.9 Å². The van der Waals surface area contributed by atoms with Gasteiger partial charge in [0.05, 0.1) is 5.69 Å². The lowest BCUT2D eigenvalue weighted by Crippen LogP contribution is -2.47. The van der Waals surface area contributed by atoms with Crippen molar-refractivity contribution in [3.8, 4) is 0 Å². The van der Waals surface area contributed by atoms with Crippen LogP contribution in [0.1, 0.15) is 44.9 Å². The molecule has 1 aromatic rings. The lowest BCUT2D eigenvalue weighted by atomic mass is 9.49. The van der Waals surface area contributed by atoms with Crippen molar-refractivity contribution >= 4 is 5.69 Å². The maximum Gasteiger partial charge on any atom is 0.0517 e. The molecule has 4 saturated carbocycles.